The average molecular weight is 547 g/mol. The van der Waals surface area contributed by atoms with E-state index in [-0.39, 0.29) is 0 Å². The fraction of sp³-hybridized carbons (Fsp3) is 1.00. The zero-order chi connectivity index (χ0) is 27.6. The molecule has 15 unspecified atom stereocenters. The first-order valence-corrected chi connectivity index (χ1v) is 12.0. The van der Waals surface area contributed by atoms with E-state index in [1.165, 1.54) is 0 Å². The molecule has 0 aliphatic carbocycles. The van der Waals surface area contributed by atoms with Crippen LogP contribution in [0.1, 0.15) is 13.8 Å². The molecule has 0 radical (unpaired) electrons. The fourth-order valence-electron chi connectivity index (χ4n) is 4.31. The molecule has 3 aliphatic heterocycles. The van der Waals surface area contributed by atoms with Crippen LogP contribution in [0.15, 0.2) is 0 Å². The van der Waals surface area contributed by atoms with Gasteiger partial charge in [0.15, 0.2) is 18.9 Å². The summed E-state index contributed by atoms with van der Waals surface area (Å²) >= 11 is 0. The van der Waals surface area contributed by atoms with Crippen molar-refractivity contribution in [2.75, 3.05) is 19.8 Å². The van der Waals surface area contributed by atoms with Gasteiger partial charge in [-0.25, -0.2) is 0 Å². The molecule has 218 valence electrons. The quantitative estimate of drug-likeness (QED) is 0.129. The molecule has 0 amide bonds. The highest BCUT2D eigenvalue weighted by Crippen LogP contribution is 2.31. The number of aliphatic hydroxyl groups is 10. The van der Waals surface area contributed by atoms with Crippen molar-refractivity contribution in [2.45, 2.75) is 112 Å². The van der Waals surface area contributed by atoms with Gasteiger partial charge in [-0.3, -0.25) is 0 Å². The van der Waals surface area contributed by atoms with E-state index in [1.54, 1.807) is 13.8 Å². The molecule has 3 rings (SSSR count). The summed E-state index contributed by atoms with van der Waals surface area (Å²) in [6, 6.07) is 0. The van der Waals surface area contributed by atoms with Gasteiger partial charge in [0.05, 0.1) is 25.9 Å². The van der Waals surface area contributed by atoms with Crippen LogP contribution >= 0.6 is 0 Å². The van der Waals surface area contributed by atoms with Crippen LogP contribution in [0.25, 0.3) is 0 Å². The van der Waals surface area contributed by atoms with Crippen LogP contribution in [0.5, 0.6) is 0 Å². The molecule has 16 nitrogen and oxygen atoms in total. The Hall–Kier alpha value is -0.640. The molecule has 15 atom stereocenters. The molecular weight excluding hydrogens is 508 g/mol. The van der Waals surface area contributed by atoms with Crippen molar-refractivity contribution >= 4 is 0 Å². The van der Waals surface area contributed by atoms with Gasteiger partial charge in [-0.2, -0.15) is 0 Å². The van der Waals surface area contributed by atoms with Gasteiger partial charge in [0.25, 0.3) is 0 Å². The van der Waals surface area contributed by atoms with Gasteiger partial charge in [-0.05, 0) is 13.8 Å². The van der Waals surface area contributed by atoms with Gasteiger partial charge in [-0.15, -0.1) is 0 Å². The molecule has 3 fully saturated rings. The molecule has 16 heteroatoms. The highest BCUT2D eigenvalue weighted by Gasteiger charge is 2.52. The van der Waals surface area contributed by atoms with Gasteiger partial charge in [-0.1, -0.05) is 0 Å². The van der Waals surface area contributed by atoms with Crippen molar-refractivity contribution < 1.29 is 79.5 Å². The summed E-state index contributed by atoms with van der Waals surface area (Å²) in [6.45, 7) is 1.36. The Morgan fingerprint density at radius 2 is 1.05 bits per heavy atom. The van der Waals surface area contributed by atoms with Gasteiger partial charge >= 0.3 is 0 Å². The van der Waals surface area contributed by atoms with E-state index in [0.717, 1.165) is 0 Å². The lowest BCUT2D eigenvalue weighted by molar-refractivity contribution is -0.368. The summed E-state index contributed by atoms with van der Waals surface area (Å²) in [5.41, 5.74) is 0. The first-order chi connectivity index (χ1) is 17.4. The van der Waals surface area contributed by atoms with Crippen LogP contribution in [-0.4, -0.2) is 169 Å². The third-order valence-corrected chi connectivity index (χ3v) is 6.46. The average Bonchev–Trinajstić information content (AvgIpc) is 2.86. The maximum absolute atomic E-state index is 10.9. The minimum atomic E-state index is -1.81. The zero-order valence-corrected chi connectivity index (χ0v) is 20.3. The summed E-state index contributed by atoms with van der Waals surface area (Å²) < 4.78 is 32.8. The molecule has 3 aliphatic rings. The Bertz CT molecular complexity index is 695. The lowest BCUT2D eigenvalue weighted by Crippen LogP contribution is -2.65. The van der Waals surface area contributed by atoms with E-state index in [0.29, 0.717) is 0 Å². The monoisotopic (exact) mass is 546 g/mol. The summed E-state index contributed by atoms with van der Waals surface area (Å²) in [5, 5.41) is 101. The van der Waals surface area contributed by atoms with Crippen LogP contribution < -0.4 is 0 Å². The van der Waals surface area contributed by atoms with Crippen LogP contribution in [0, 0.1) is 0 Å². The lowest BCUT2D eigenvalue weighted by atomic mass is 9.96. The predicted octanol–water partition coefficient (Wildman–Crippen LogP) is -6.14. The second-order valence-electron chi connectivity index (χ2n) is 9.54. The van der Waals surface area contributed by atoms with Crippen LogP contribution in [0.4, 0.5) is 0 Å². The van der Waals surface area contributed by atoms with Gasteiger partial charge in [0.2, 0.25) is 0 Å². The van der Waals surface area contributed by atoms with Crippen LogP contribution in [0.3, 0.4) is 0 Å². The molecule has 0 spiro atoms. The fourth-order valence-corrected chi connectivity index (χ4v) is 4.31. The van der Waals surface area contributed by atoms with Gasteiger partial charge < -0.3 is 79.5 Å². The molecule has 0 aromatic rings. The number of aliphatic hydroxyl groups excluding tert-OH is 10. The van der Waals surface area contributed by atoms with Gasteiger partial charge in [0, 0.05) is 0 Å². The maximum atomic E-state index is 10.9. The van der Waals surface area contributed by atoms with E-state index < -0.39 is 118 Å². The lowest BCUT2D eigenvalue weighted by Gasteiger charge is -2.46. The molecule has 3 saturated heterocycles. The Morgan fingerprint density at radius 3 is 1.57 bits per heavy atom. The van der Waals surface area contributed by atoms with Crippen molar-refractivity contribution in [1.82, 2.24) is 0 Å². The van der Waals surface area contributed by atoms with Crippen molar-refractivity contribution in [3.63, 3.8) is 0 Å². The highest BCUT2D eigenvalue weighted by molar-refractivity contribution is 4.95. The maximum Gasteiger partial charge on any atom is 0.187 e. The molecule has 10 N–H and O–H groups in total. The molecule has 0 saturated carbocycles. The smallest absolute Gasteiger partial charge is 0.187 e. The molecule has 37 heavy (non-hydrogen) atoms. The Balaban J connectivity index is 1.74. The molecule has 0 aromatic heterocycles. The summed E-state index contributed by atoms with van der Waals surface area (Å²) in [4.78, 5) is 0. The number of rotatable bonds is 9. The van der Waals surface area contributed by atoms with E-state index in [2.05, 4.69) is 0 Å². The SMILES string of the molecule is CC(C)OC1OC(COC2OC(CO)C(O)C(O)C2O)C(O)C(OC2OC(CO)C(O)C(O)C2O)C1O. The highest BCUT2D eigenvalue weighted by atomic mass is 16.7. The van der Waals surface area contributed by atoms with E-state index in [9.17, 15) is 51.1 Å². The van der Waals surface area contributed by atoms with Gasteiger partial charge in [0.1, 0.15) is 73.2 Å². The standard InChI is InChI=1S/C21H38O16/c1-6(2)33-21-17(31)18(37-20-16(30)14(28)11(25)8(4-23)35-20)12(26)9(36-21)5-32-19-15(29)13(27)10(24)7(3-22)34-19/h6-31H,3-5H2,1-2H3. The predicted molar refractivity (Wildman–Crippen MR) is 115 cm³/mol. The largest absolute Gasteiger partial charge is 0.394 e. The van der Waals surface area contributed by atoms with E-state index >= 15 is 0 Å². The van der Waals surface area contributed by atoms with E-state index in [1.807, 2.05) is 0 Å². The summed E-state index contributed by atoms with van der Waals surface area (Å²) in [5.74, 6) is 0. The Labute approximate surface area is 212 Å². The topological polar surface area (TPSA) is 258 Å². The summed E-state index contributed by atoms with van der Waals surface area (Å²) in [7, 11) is 0. The molecule has 0 aromatic carbocycles. The van der Waals surface area contributed by atoms with E-state index in [4.69, 9.17) is 28.4 Å². The minimum absolute atomic E-state index is 0.463. The second-order valence-corrected chi connectivity index (χ2v) is 9.54. The molecule has 3 heterocycles. The number of ether oxygens (including phenoxy) is 6. The van der Waals surface area contributed by atoms with Crippen molar-refractivity contribution in [2.24, 2.45) is 0 Å². The first-order valence-electron chi connectivity index (χ1n) is 12.0. The van der Waals surface area contributed by atoms with Crippen molar-refractivity contribution in [1.29, 1.82) is 0 Å². The Morgan fingerprint density at radius 1 is 0.568 bits per heavy atom. The molecular formula is C21H38O16. The number of hydrogen-bond acceptors (Lipinski definition) is 16. The zero-order valence-electron chi connectivity index (χ0n) is 20.3. The van der Waals surface area contributed by atoms with Crippen molar-refractivity contribution in [3.05, 3.63) is 0 Å². The number of hydrogen-bond donors (Lipinski definition) is 10. The van der Waals surface area contributed by atoms with Crippen molar-refractivity contribution in [3.8, 4) is 0 Å². The summed E-state index contributed by atoms with van der Waals surface area (Å²) in [6.07, 6.45) is -24.1. The first kappa shape index (κ1) is 30.9. The second kappa shape index (κ2) is 13.1. The molecule has 0 bridgehead atoms. The van der Waals surface area contributed by atoms with Crippen LogP contribution in [0.2, 0.25) is 0 Å². The Kier molecular flexibility index (Phi) is 11.0. The third-order valence-electron chi connectivity index (χ3n) is 6.46. The minimum Gasteiger partial charge on any atom is -0.394 e. The third kappa shape index (κ3) is 6.75. The normalized spacial score (nSPS) is 49.4. The van der Waals surface area contributed by atoms with Crippen LogP contribution in [-0.2, 0) is 28.4 Å².